The lowest BCUT2D eigenvalue weighted by Crippen LogP contribution is -2.15. The van der Waals surface area contributed by atoms with Gasteiger partial charge in [0.05, 0.1) is 16.4 Å². The van der Waals surface area contributed by atoms with Crippen LogP contribution in [0.2, 0.25) is 0 Å². The largest absolute Gasteiger partial charge is 0.321 e. The van der Waals surface area contributed by atoms with Crippen molar-refractivity contribution in [3.63, 3.8) is 0 Å². The topological polar surface area (TPSA) is 59.8 Å². The zero-order valence-corrected chi connectivity index (χ0v) is 15.8. The van der Waals surface area contributed by atoms with Crippen LogP contribution in [-0.4, -0.2) is 20.7 Å². The average Bonchev–Trinajstić information content (AvgIpc) is 3.29. The molecule has 5 nitrogen and oxygen atoms in total. The maximum atomic E-state index is 12.7. The molecule has 0 unspecified atom stereocenters. The second-order valence-corrected chi connectivity index (χ2v) is 7.25. The number of anilines is 1. The summed E-state index contributed by atoms with van der Waals surface area (Å²) in [5.74, 6) is -0.190. The Balaban J connectivity index is 1.52. The third-order valence-electron chi connectivity index (χ3n) is 4.24. The monoisotopic (exact) mass is 374 g/mol. The zero-order chi connectivity index (χ0) is 18.8. The van der Waals surface area contributed by atoms with Gasteiger partial charge in [-0.15, -0.1) is 11.3 Å². The molecular formula is C21H18N4OS. The number of thiazole rings is 1. The number of hydrogen-bond donors (Lipinski definition) is 1. The van der Waals surface area contributed by atoms with Gasteiger partial charge in [0.25, 0.3) is 5.91 Å². The summed E-state index contributed by atoms with van der Waals surface area (Å²) in [6, 6.07) is 19.3. The first-order valence-electron chi connectivity index (χ1n) is 8.53. The maximum absolute atomic E-state index is 12.7. The number of aromatic nitrogens is 3. The summed E-state index contributed by atoms with van der Waals surface area (Å²) in [6.07, 6.45) is 0. The highest BCUT2D eigenvalue weighted by molar-refractivity contribution is 7.09. The highest BCUT2D eigenvalue weighted by atomic mass is 32.1. The molecule has 0 atom stereocenters. The van der Waals surface area contributed by atoms with Crippen LogP contribution >= 0.6 is 11.3 Å². The van der Waals surface area contributed by atoms with Gasteiger partial charge in [-0.3, -0.25) is 9.48 Å². The molecule has 4 aromatic rings. The van der Waals surface area contributed by atoms with E-state index in [0.29, 0.717) is 5.69 Å². The molecule has 4 rings (SSSR count). The van der Waals surface area contributed by atoms with Crippen molar-refractivity contribution < 1.29 is 4.79 Å². The van der Waals surface area contributed by atoms with E-state index in [0.717, 1.165) is 33.2 Å². The Labute approximate surface area is 161 Å². The normalized spacial score (nSPS) is 10.7. The number of nitrogens with one attached hydrogen (secondary N) is 1. The lowest BCUT2D eigenvalue weighted by Gasteiger charge is -2.06. The van der Waals surface area contributed by atoms with Crippen LogP contribution in [0.1, 0.15) is 15.5 Å². The lowest BCUT2D eigenvalue weighted by molar-refractivity contribution is 0.101. The highest BCUT2D eigenvalue weighted by Gasteiger charge is 2.14. The minimum atomic E-state index is -0.190. The Morgan fingerprint density at radius 1 is 1.00 bits per heavy atom. The summed E-state index contributed by atoms with van der Waals surface area (Å²) in [6.45, 7) is 1.99. The van der Waals surface area contributed by atoms with Crippen LogP contribution in [0.15, 0.2) is 66.0 Å². The van der Waals surface area contributed by atoms with Crippen molar-refractivity contribution >= 4 is 22.9 Å². The van der Waals surface area contributed by atoms with E-state index in [1.807, 2.05) is 66.9 Å². The highest BCUT2D eigenvalue weighted by Crippen LogP contribution is 2.24. The molecule has 0 bridgehead atoms. The van der Waals surface area contributed by atoms with Gasteiger partial charge < -0.3 is 5.32 Å². The summed E-state index contributed by atoms with van der Waals surface area (Å²) in [5.41, 5.74) is 4.98. The first-order valence-corrected chi connectivity index (χ1v) is 9.41. The average molecular weight is 374 g/mol. The smallest absolute Gasteiger partial charge is 0.273 e. The Morgan fingerprint density at radius 3 is 2.37 bits per heavy atom. The number of nitrogens with zero attached hydrogens (tertiary/aromatic N) is 3. The molecule has 0 fully saturated rings. The molecule has 1 amide bonds. The van der Waals surface area contributed by atoms with Crippen LogP contribution < -0.4 is 5.32 Å². The number of hydrogen-bond acceptors (Lipinski definition) is 4. The molecule has 1 N–H and O–H groups in total. The van der Waals surface area contributed by atoms with E-state index in [9.17, 15) is 4.79 Å². The fourth-order valence-corrected chi connectivity index (χ4v) is 3.47. The van der Waals surface area contributed by atoms with Crippen LogP contribution in [-0.2, 0) is 7.05 Å². The summed E-state index contributed by atoms with van der Waals surface area (Å²) >= 11 is 1.62. The van der Waals surface area contributed by atoms with E-state index in [2.05, 4.69) is 15.4 Å². The van der Waals surface area contributed by atoms with Crippen LogP contribution in [0.4, 0.5) is 5.69 Å². The number of amides is 1. The minimum Gasteiger partial charge on any atom is -0.321 e. The van der Waals surface area contributed by atoms with E-state index in [-0.39, 0.29) is 5.91 Å². The van der Waals surface area contributed by atoms with E-state index in [1.165, 1.54) is 0 Å². The van der Waals surface area contributed by atoms with Gasteiger partial charge in [-0.2, -0.15) is 5.10 Å². The summed E-state index contributed by atoms with van der Waals surface area (Å²) < 4.78 is 1.60. The molecule has 6 heteroatoms. The van der Waals surface area contributed by atoms with E-state index < -0.39 is 0 Å². The molecule has 0 saturated carbocycles. The van der Waals surface area contributed by atoms with Crippen molar-refractivity contribution in [1.29, 1.82) is 0 Å². The summed E-state index contributed by atoms with van der Waals surface area (Å²) in [4.78, 5) is 17.1. The molecule has 0 aliphatic heterocycles. The van der Waals surface area contributed by atoms with Gasteiger partial charge in [-0.25, -0.2) is 4.98 Å². The van der Waals surface area contributed by atoms with Crippen LogP contribution in [0.5, 0.6) is 0 Å². The molecule has 0 saturated heterocycles. The predicted octanol–water partition coefficient (Wildman–Crippen LogP) is 4.77. The number of carbonyl (C=O) groups excluding carboxylic acids is 1. The van der Waals surface area contributed by atoms with Gasteiger partial charge in [-0.1, -0.05) is 42.5 Å². The van der Waals surface area contributed by atoms with Gasteiger partial charge in [-0.05, 0) is 25.1 Å². The number of carbonyl (C=O) groups is 1. The van der Waals surface area contributed by atoms with Gasteiger partial charge in [0.15, 0.2) is 0 Å². The molecular weight excluding hydrogens is 356 g/mol. The van der Waals surface area contributed by atoms with Crippen LogP contribution in [0.3, 0.4) is 0 Å². The fraction of sp³-hybridized carbons (Fsp3) is 0.0952. The second-order valence-electron chi connectivity index (χ2n) is 6.19. The van der Waals surface area contributed by atoms with Crippen molar-refractivity contribution in [2.45, 2.75) is 6.92 Å². The Hall–Kier alpha value is -3.25. The van der Waals surface area contributed by atoms with Crippen molar-refractivity contribution in [2.75, 3.05) is 5.32 Å². The number of rotatable bonds is 4. The van der Waals surface area contributed by atoms with Gasteiger partial charge >= 0.3 is 0 Å². The summed E-state index contributed by atoms with van der Waals surface area (Å²) in [5, 5.41) is 10.4. The van der Waals surface area contributed by atoms with Crippen molar-refractivity contribution in [3.8, 4) is 22.5 Å². The quantitative estimate of drug-likeness (QED) is 0.560. The predicted molar refractivity (Wildman–Crippen MR) is 109 cm³/mol. The molecule has 2 heterocycles. The first-order chi connectivity index (χ1) is 13.1. The molecule has 0 spiro atoms. The van der Waals surface area contributed by atoms with E-state index in [4.69, 9.17) is 0 Å². The lowest BCUT2D eigenvalue weighted by atomic mass is 10.1. The third-order valence-corrected chi connectivity index (χ3v) is 5.01. The minimum absolute atomic E-state index is 0.190. The van der Waals surface area contributed by atoms with E-state index in [1.54, 1.807) is 29.1 Å². The van der Waals surface area contributed by atoms with Gasteiger partial charge in [0.1, 0.15) is 5.69 Å². The van der Waals surface area contributed by atoms with Crippen molar-refractivity contribution in [3.05, 3.63) is 76.7 Å². The maximum Gasteiger partial charge on any atom is 0.273 e. The second kappa shape index (κ2) is 7.17. The SMILES string of the molecule is Cc1nc(-c2ccc(NC(=O)c3cc(-c4ccccc4)nn3C)cc2)cs1. The molecule has 2 aromatic carbocycles. The Morgan fingerprint density at radius 2 is 1.70 bits per heavy atom. The van der Waals surface area contributed by atoms with Crippen molar-refractivity contribution in [1.82, 2.24) is 14.8 Å². The third kappa shape index (κ3) is 3.66. The molecule has 27 heavy (non-hydrogen) atoms. The van der Waals surface area contributed by atoms with Crippen LogP contribution in [0.25, 0.3) is 22.5 Å². The summed E-state index contributed by atoms with van der Waals surface area (Å²) in [7, 11) is 1.77. The van der Waals surface area contributed by atoms with Crippen molar-refractivity contribution in [2.24, 2.45) is 7.05 Å². The zero-order valence-electron chi connectivity index (χ0n) is 15.0. The Kier molecular flexibility index (Phi) is 4.56. The standard InChI is InChI=1S/C21H18N4OS/c1-14-22-19(13-27-14)16-8-10-17(11-9-16)23-21(26)20-12-18(24-25(20)2)15-6-4-3-5-7-15/h3-13H,1-2H3,(H,23,26). The van der Waals surface area contributed by atoms with Crippen LogP contribution in [0, 0.1) is 6.92 Å². The number of aryl methyl sites for hydroxylation is 2. The molecule has 0 radical (unpaired) electrons. The van der Waals surface area contributed by atoms with E-state index >= 15 is 0 Å². The molecule has 2 aromatic heterocycles. The fourth-order valence-electron chi connectivity index (χ4n) is 2.85. The van der Waals surface area contributed by atoms with Gasteiger partial charge in [0, 0.05) is 29.2 Å². The Bertz CT molecular complexity index is 1080. The molecule has 0 aliphatic carbocycles. The first kappa shape index (κ1) is 17.2. The number of benzene rings is 2. The molecule has 134 valence electrons. The molecule has 0 aliphatic rings. The van der Waals surface area contributed by atoms with Gasteiger partial charge in [0.2, 0.25) is 0 Å².